The molecule has 1 spiro atoms. The fourth-order valence-electron chi connectivity index (χ4n) is 7.83. The van der Waals surface area contributed by atoms with Crippen molar-refractivity contribution < 1.29 is 13.9 Å². The van der Waals surface area contributed by atoms with Gasteiger partial charge in [-0.2, -0.15) is 5.10 Å². The van der Waals surface area contributed by atoms with Crippen LogP contribution in [0.15, 0.2) is 37.1 Å². The summed E-state index contributed by atoms with van der Waals surface area (Å²) in [4.78, 5) is 29.5. The molecule has 0 atom stereocenters. The van der Waals surface area contributed by atoms with Crippen molar-refractivity contribution in [3.63, 3.8) is 0 Å². The number of fused-ring (bicyclic) bond motifs is 2. The van der Waals surface area contributed by atoms with Crippen molar-refractivity contribution in [3.05, 3.63) is 54.0 Å². The third-order valence-corrected chi connectivity index (χ3v) is 10.6. The average molecular weight is 626 g/mol. The van der Waals surface area contributed by atoms with Crippen LogP contribution in [-0.4, -0.2) is 95.5 Å². The Morgan fingerprint density at radius 2 is 1.89 bits per heavy atom. The summed E-state index contributed by atoms with van der Waals surface area (Å²) in [7, 11) is 2.16. The summed E-state index contributed by atoms with van der Waals surface area (Å²) in [6.45, 7) is 12.6. The van der Waals surface area contributed by atoms with Gasteiger partial charge < -0.3 is 19.4 Å². The molecule has 0 aliphatic carbocycles. The molecule has 9 nitrogen and oxygen atoms in total. The van der Waals surface area contributed by atoms with Crippen LogP contribution in [0.4, 0.5) is 10.2 Å². The maximum Gasteiger partial charge on any atom is 0.245 e. The lowest BCUT2D eigenvalue weighted by atomic mass is 9.72. The molecule has 1 amide bonds. The zero-order chi connectivity index (χ0) is 32.0. The number of nitrogens with zero attached hydrogens (tertiary/aromatic N) is 6. The Labute approximate surface area is 269 Å². The molecule has 0 unspecified atom stereocenters. The number of aromatic amines is 1. The van der Waals surface area contributed by atoms with Gasteiger partial charge in [0.2, 0.25) is 5.91 Å². The minimum absolute atomic E-state index is 0.0164. The second-order valence-electron chi connectivity index (χ2n) is 13.5. The van der Waals surface area contributed by atoms with Crippen molar-refractivity contribution in [1.29, 1.82) is 0 Å². The van der Waals surface area contributed by atoms with Crippen LogP contribution in [0.3, 0.4) is 0 Å². The highest BCUT2D eigenvalue weighted by Gasteiger charge is 2.46. The van der Waals surface area contributed by atoms with Gasteiger partial charge in [-0.1, -0.05) is 19.6 Å². The van der Waals surface area contributed by atoms with Gasteiger partial charge in [-0.15, -0.1) is 0 Å². The molecule has 10 heteroatoms. The first kappa shape index (κ1) is 30.6. The number of alkyl halides is 1. The van der Waals surface area contributed by atoms with Crippen LogP contribution in [0.25, 0.3) is 32.9 Å². The summed E-state index contributed by atoms with van der Waals surface area (Å²) >= 11 is 0. The van der Waals surface area contributed by atoms with Gasteiger partial charge in [-0.3, -0.25) is 9.89 Å². The molecule has 3 saturated heterocycles. The number of nitrogens with one attached hydrogen (secondary N) is 1. The highest BCUT2D eigenvalue weighted by Crippen LogP contribution is 2.47. The monoisotopic (exact) mass is 625 g/mol. The molecular weight excluding hydrogens is 581 g/mol. The van der Waals surface area contributed by atoms with Crippen LogP contribution in [0.5, 0.6) is 5.75 Å². The standard InChI is InChI=1S/C36H44FN7O2/c1-5-24-19-26-32(33(46-18-13-37)31(24)30-23(3)7-8-28-27(30)20-38-41-28)39-34(25-9-14-42(4)15-10-25)40-35(26)43-16-11-36(12-17-43)21-44(22-36)29(45)6-2/h6-8,19-20,25H,2,5,9-18,21-22H2,1,3-4H3,(H,38,41). The molecule has 3 fully saturated rings. The van der Waals surface area contributed by atoms with Crippen molar-refractivity contribution >= 4 is 33.5 Å². The normalized spacial score (nSPS) is 18.8. The largest absolute Gasteiger partial charge is 0.488 e. The van der Waals surface area contributed by atoms with Crippen molar-refractivity contribution in [2.75, 3.05) is 64.5 Å². The topological polar surface area (TPSA) is 90.5 Å². The molecule has 4 aromatic rings. The SMILES string of the molecule is C=CC(=O)N1CC2(CCN(c3nc(C4CCN(C)CC4)nc4c(OCCF)c(-c5c(C)ccc6[nH]ncc56)c(CC)cc34)CC2)C1. The molecule has 0 bridgehead atoms. The zero-order valence-electron chi connectivity index (χ0n) is 27.2. The Bertz CT molecular complexity index is 1780. The van der Waals surface area contributed by atoms with E-state index in [1.807, 2.05) is 17.2 Å². The number of hydrogen-bond acceptors (Lipinski definition) is 7. The van der Waals surface area contributed by atoms with Crippen molar-refractivity contribution in [2.24, 2.45) is 5.41 Å². The summed E-state index contributed by atoms with van der Waals surface area (Å²) in [6.07, 6.45) is 8.01. The number of likely N-dealkylation sites (tertiary alicyclic amines) is 2. The highest BCUT2D eigenvalue weighted by molar-refractivity contribution is 6.05. The first-order valence-corrected chi connectivity index (χ1v) is 16.7. The molecule has 2 aromatic carbocycles. The number of halogens is 1. The van der Waals surface area contributed by atoms with E-state index in [1.165, 1.54) is 6.08 Å². The third kappa shape index (κ3) is 5.30. The van der Waals surface area contributed by atoms with Crippen LogP contribution in [-0.2, 0) is 11.2 Å². The lowest BCUT2D eigenvalue weighted by molar-refractivity contribution is -0.139. The number of anilines is 1. The van der Waals surface area contributed by atoms with Crippen LogP contribution in [0, 0.1) is 12.3 Å². The molecule has 46 heavy (non-hydrogen) atoms. The molecule has 3 aliphatic heterocycles. The molecule has 1 N–H and O–H groups in total. The summed E-state index contributed by atoms with van der Waals surface area (Å²) < 4.78 is 20.3. The number of carbonyl (C=O) groups excluding carboxylic acids is 1. The quantitative estimate of drug-likeness (QED) is 0.247. The van der Waals surface area contributed by atoms with Gasteiger partial charge in [0.05, 0.1) is 11.7 Å². The number of ether oxygens (including phenoxy) is 1. The highest BCUT2D eigenvalue weighted by atomic mass is 19.1. The first-order valence-electron chi connectivity index (χ1n) is 16.7. The van der Waals surface area contributed by atoms with Gasteiger partial charge in [0.25, 0.3) is 0 Å². The predicted octanol–water partition coefficient (Wildman–Crippen LogP) is 5.82. The predicted molar refractivity (Wildman–Crippen MR) is 180 cm³/mol. The smallest absolute Gasteiger partial charge is 0.245 e. The lowest BCUT2D eigenvalue weighted by Gasteiger charge is -2.54. The van der Waals surface area contributed by atoms with E-state index >= 15 is 0 Å². The Balaban J connectivity index is 1.38. The molecule has 0 saturated carbocycles. The maximum absolute atomic E-state index is 13.9. The van der Waals surface area contributed by atoms with E-state index in [0.717, 1.165) is 127 Å². The number of rotatable bonds is 8. The van der Waals surface area contributed by atoms with Crippen molar-refractivity contribution in [3.8, 4) is 16.9 Å². The number of benzene rings is 2. The second kappa shape index (κ2) is 12.3. The first-order chi connectivity index (χ1) is 22.3. The van der Waals surface area contributed by atoms with Gasteiger partial charge in [-0.25, -0.2) is 14.4 Å². The lowest BCUT2D eigenvalue weighted by Crippen LogP contribution is -2.61. The zero-order valence-corrected chi connectivity index (χ0v) is 27.2. The Morgan fingerprint density at radius 3 is 2.59 bits per heavy atom. The number of aryl methyl sites for hydroxylation is 2. The van der Waals surface area contributed by atoms with Crippen LogP contribution in [0.1, 0.15) is 55.5 Å². The maximum atomic E-state index is 13.9. The number of aromatic nitrogens is 4. The Kier molecular flexibility index (Phi) is 8.17. The Hall–Kier alpha value is -4.05. The van der Waals surface area contributed by atoms with E-state index in [2.05, 4.69) is 59.6 Å². The molecule has 2 aromatic heterocycles. The van der Waals surface area contributed by atoms with Gasteiger partial charge in [0, 0.05) is 53.8 Å². The van der Waals surface area contributed by atoms with E-state index in [1.54, 1.807) is 0 Å². The molecule has 3 aliphatic rings. The molecule has 242 valence electrons. The summed E-state index contributed by atoms with van der Waals surface area (Å²) in [5, 5.41) is 9.43. The fourth-order valence-corrected chi connectivity index (χ4v) is 7.83. The minimum atomic E-state index is -0.592. The number of H-pyrrole nitrogens is 1. The number of hydrogen-bond donors (Lipinski definition) is 1. The molecule has 7 rings (SSSR count). The fraction of sp³-hybridized carbons (Fsp3) is 0.500. The molecule has 0 radical (unpaired) electrons. The van der Waals surface area contributed by atoms with Gasteiger partial charge in [-0.05, 0) is 94.1 Å². The summed E-state index contributed by atoms with van der Waals surface area (Å²) in [6, 6.07) is 6.39. The van der Waals surface area contributed by atoms with Crippen molar-refractivity contribution in [1.82, 2.24) is 30.0 Å². The average Bonchev–Trinajstić information content (AvgIpc) is 3.54. The molecule has 5 heterocycles. The summed E-state index contributed by atoms with van der Waals surface area (Å²) in [5.41, 5.74) is 6.08. The Morgan fingerprint density at radius 1 is 1.13 bits per heavy atom. The van der Waals surface area contributed by atoms with E-state index < -0.39 is 6.67 Å². The number of carbonyl (C=O) groups is 1. The molecular formula is C36H44FN7O2. The van der Waals surface area contributed by atoms with Crippen molar-refractivity contribution in [2.45, 2.75) is 51.9 Å². The van der Waals surface area contributed by atoms with E-state index in [4.69, 9.17) is 14.7 Å². The minimum Gasteiger partial charge on any atom is -0.488 e. The van der Waals surface area contributed by atoms with Gasteiger partial charge in [0.1, 0.15) is 30.4 Å². The third-order valence-electron chi connectivity index (χ3n) is 10.6. The number of amides is 1. The van der Waals surface area contributed by atoms with E-state index in [9.17, 15) is 9.18 Å². The van der Waals surface area contributed by atoms with Crippen LogP contribution >= 0.6 is 0 Å². The van der Waals surface area contributed by atoms with Crippen LogP contribution in [0.2, 0.25) is 0 Å². The van der Waals surface area contributed by atoms with Gasteiger partial charge >= 0.3 is 0 Å². The van der Waals surface area contributed by atoms with Crippen LogP contribution < -0.4 is 9.64 Å². The number of piperidine rings is 2. The van der Waals surface area contributed by atoms with E-state index in [0.29, 0.717) is 5.75 Å². The second-order valence-corrected chi connectivity index (χ2v) is 13.5. The van der Waals surface area contributed by atoms with Gasteiger partial charge in [0.15, 0.2) is 5.75 Å². The summed E-state index contributed by atoms with van der Waals surface area (Å²) in [5.74, 6) is 2.68. The van der Waals surface area contributed by atoms with E-state index in [-0.39, 0.29) is 23.8 Å².